The maximum absolute atomic E-state index is 14.6. The van der Waals surface area contributed by atoms with E-state index >= 15 is 0 Å². The Labute approximate surface area is 277 Å². The average Bonchev–Trinajstić information content (AvgIpc) is 3.33. The number of nitrogens with one attached hydrogen (secondary N) is 1. The van der Waals surface area contributed by atoms with Crippen molar-refractivity contribution in [2.45, 2.75) is 57.9 Å². The Balaban J connectivity index is 1.86. The molecule has 0 bridgehead atoms. The summed E-state index contributed by atoms with van der Waals surface area (Å²) in [5.41, 5.74) is 7.03. The van der Waals surface area contributed by atoms with E-state index in [1.807, 2.05) is 19.9 Å². The van der Waals surface area contributed by atoms with E-state index in [2.05, 4.69) is 10.3 Å². The van der Waals surface area contributed by atoms with E-state index in [4.69, 9.17) is 19.9 Å². The molecule has 252 valence electrons. The van der Waals surface area contributed by atoms with Crippen LogP contribution in [0.5, 0.6) is 5.75 Å². The van der Waals surface area contributed by atoms with E-state index in [9.17, 15) is 24.1 Å². The average molecular weight is 670 g/mol. The molecule has 2 aliphatic heterocycles. The normalized spacial score (nSPS) is 19.1. The van der Waals surface area contributed by atoms with Gasteiger partial charge in [0, 0.05) is 49.5 Å². The number of halogens is 1. The topological polar surface area (TPSA) is 159 Å². The van der Waals surface area contributed by atoms with Gasteiger partial charge in [0.2, 0.25) is 0 Å². The summed E-state index contributed by atoms with van der Waals surface area (Å²) in [6.07, 6.45) is 2.53. The number of amides is 2. The largest absolute Gasteiger partial charge is 0.490 e. The van der Waals surface area contributed by atoms with Crippen LogP contribution in [0.4, 0.5) is 26.2 Å². The number of hydrogen-bond acceptors (Lipinski definition) is 10. The lowest BCUT2D eigenvalue weighted by molar-refractivity contribution is -0.384. The van der Waals surface area contributed by atoms with Crippen LogP contribution in [0.3, 0.4) is 0 Å². The lowest BCUT2D eigenvalue weighted by Gasteiger charge is -2.38. The fourth-order valence-corrected chi connectivity index (χ4v) is 6.99. The van der Waals surface area contributed by atoms with E-state index in [0.29, 0.717) is 35.4 Å². The Kier molecular flexibility index (Phi) is 11.0. The number of ether oxygens (including phenoxy) is 3. The standard InChI is InChI=1S/C33H40FN5O7S/c1-7-20-13-15-38(31(41)46-32(2,3)4)33(20,5)47-27-12-14-36-29(30(40)37-25-19-22(39(42)43)9-11-24(25)35)28(27)23-10-8-21(34)18-26(23)45-17-16-44-6/h7-11,18-19H,12-17,35H2,1-6H3,(H,37,40)/b20-7-. The molecular formula is C33H40FN5O7S. The van der Waals surface area contributed by atoms with Gasteiger partial charge in [-0.15, -0.1) is 0 Å². The number of nitrogens with two attached hydrogens (primary N) is 1. The van der Waals surface area contributed by atoms with Gasteiger partial charge < -0.3 is 25.3 Å². The minimum Gasteiger partial charge on any atom is -0.490 e. The van der Waals surface area contributed by atoms with Crippen molar-refractivity contribution in [1.82, 2.24) is 4.90 Å². The summed E-state index contributed by atoms with van der Waals surface area (Å²) in [5.74, 6) is -1.06. The summed E-state index contributed by atoms with van der Waals surface area (Å²) in [7, 11) is 1.51. The summed E-state index contributed by atoms with van der Waals surface area (Å²) < 4.78 is 31.4. The molecule has 1 fully saturated rings. The number of aliphatic imine (C=N–C) groups is 1. The van der Waals surface area contributed by atoms with Crippen LogP contribution in [0, 0.1) is 15.9 Å². The number of anilines is 2. The summed E-state index contributed by atoms with van der Waals surface area (Å²) in [6.45, 7) is 10.3. The molecule has 1 unspecified atom stereocenters. The Bertz CT molecular complexity index is 1650. The quantitative estimate of drug-likeness (QED) is 0.0938. The van der Waals surface area contributed by atoms with Crippen LogP contribution >= 0.6 is 11.8 Å². The number of nitrogens with zero attached hydrogens (tertiary/aromatic N) is 3. The molecule has 4 rings (SSSR count). The third-order valence-electron chi connectivity index (χ3n) is 7.59. The number of dihydropyridines is 1. The number of rotatable bonds is 10. The van der Waals surface area contributed by atoms with E-state index in [0.717, 1.165) is 5.57 Å². The summed E-state index contributed by atoms with van der Waals surface area (Å²) in [4.78, 5) is 44.4. The Morgan fingerprint density at radius 2 is 1.96 bits per heavy atom. The molecule has 2 aliphatic rings. The van der Waals surface area contributed by atoms with Gasteiger partial charge in [0.1, 0.15) is 34.4 Å². The van der Waals surface area contributed by atoms with Crippen molar-refractivity contribution in [3.8, 4) is 5.75 Å². The fourth-order valence-electron chi connectivity index (χ4n) is 5.38. The molecule has 0 saturated carbocycles. The lowest BCUT2D eigenvalue weighted by atomic mass is 9.95. The first-order chi connectivity index (χ1) is 22.2. The first-order valence-electron chi connectivity index (χ1n) is 15.1. The highest BCUT2D eigenvalue weighted by Crippen LogP contribution is 2.51. The number of nitro benzene ring substituents is 1. The highest BCUT2D eigenvalue weighted by atomic mass is 32.2. The van der Waals surface area contributed by atoms with Gasteiger partial charge in [-0.1, -0.05) is 17.8 Å². The zero-order chi connectivity index (χ0) is 34.5. The first-order valence-corrected chi connectivity index (χ1v) is 15.9. The second-order valence-corrected chi connectivity index (χ2v) is 13.5. The van der Waals surface area contributed by atoms with Crippen molar-refractivity contribution >= 4 is 52.1 Å². The molecule has 0 aliphatic carbocycles. The minimum absolute atomic E-state index is 0.000277. The van der Waals surface area contributed by atoms with Crippen LogP contribution in [0.2, 0.25) is 0 Å². The number of methoxy groups -OCH3 is 1. The molecule has 14 heteroatoms. The van der Waals surface area contributed by atoms with E-state index < -0.39 is 33.2 Å². The number of nitrogen functional groups attached to an aromatic ring is 1. The van der Waals surface area contributed by atoms with Gasteiger partial charge in [-0.3, -0.25) is 24.8 Å². The molecule has 2 heterocycles. The molecule has 2 aromatic rings. The molecule has 3 N–H and O–H groups in total. The first kappa shape index (κ1) is 35.4. The van der Waals surface area contributed by atoms with Crippen molar-refractivity contribution in [2.75, 3.05) is 44.5 Å². The molecule has 0 aromatic heterocycles. The van der Waals surface area contributed by atoms with E-state index in [-0.39, 0.29) is 48.3 Å². The number of thioether (sulfide) groups is 1. The van der Waals surface area contributed by atoms with Gasteiger partial charge in [0.15, 0.2) is 0 Å². The maximum Gasteiger partial charge on any atom is 0.411 e. The fraction of sp³-hybridized carbons (Fsp3) is 0.424. The molecule has 1 atom stereocenters. The summed E-state index contributed by atoms with van der Waals surface area (Å²) >= 11 is 1.39. The second-order valence-electron chi connectivity index (χ2n) is 12.0. The van der Waals surface area contributed by atoms with Crippen molar-refractivity contribution in [3.05, 3.63) is 74.4 Å². The number of benzene rings is 2. The third-order valence-corrected chi connectivity index (χ3v) is 9.13. The molecule has 1 saturated heterocycles. The SMILES string of the molecule is C/C=C1/CCN(C(=O)OC(C)(C)C)C1(C)SC1=C(c2ccc(F)cc2OCCOC)C(C(=O)Nc2cc([N+](=O)[O-])ccc2N)=NCC1. The van der Waals surface area contributed by atoms with Crippen LogP contribution in [0.15, 0.2) is 57.9 Å². The number of carbonyl (C=O) groups excluding carboxylic acids is 2. The predicted octanol–water partition coefficient (Wildman–Crippen LogP) is 6.57. The van der Waals surface area contributed by atoms with Gasteiger partial charge in [0.25, 0.3) is 11.6 Å². The van der Waals surface area contributed by atoms with Crippen LogP contribution in [0.1, 0.15) is 53.0 Å². The number of hydrogen-bond donors (Lipinski definition) is 2. The van der Waals surface area contributed by atoms with Crippen molar-refractivity contribution < 1.29 is 33.1 Å². The van der Waals surface area contributed by atoms with Gasteiger partial charge in [0.05, 0.1) is 22.9 Å². The van der Waals surface area contributed by atoms with Gasteiger partial charge in [-0.05, 0) is 76.1 Å². The highest BCUT2D eigenvalue weighted by Gasteiger charge is 2.47. The molecule has 12 nitrogen and oxygen atoms in total. The molecule has 0 spiro atoms. The third kappa shape index (κ3) is 8.11. The Morgan fingerprint density at radius 1 is 1.21 bits per heavy atom. The number of nitro groups is 1. The monoisotopic (exact) mass is 669 g/mol. The van der Waals surface area contributed by atoms with Crippen molar-refractivity contribution in [1.29, 1.82) is 0 Å². The molecule has 0 radical (unpaired) electrons. The van der Waals surface area contributed by atoms with Crippen molar-refractivity contribution in [2.24, 2.45) is 4.99 Å². The van der Waals surface area contributed by atoms with Gasteiger partial charge in [-0.25, -0.2) is 9.18 Å². The number of allylic oxidation sites excluding steroid dienone is 1. The van der Waals surface area contributed by atoms with Crippen molar-refractivity contribution in [3.63, 3.8) is 0 Å². The molecular weight excluding hydrogens is 629 g/mol. The Hall–Kier alpha value is -4.43. The molecule has 47 heavy (non-hydrogen) atoms. The number of non-ortho nitro benzene ring substituents is 1. The van der Waals surface area contributed by atoms with E-state index in [1.54, 1.807) is 25.7 Å². The zero-order valence-corrected chi connectivity index (χ0v) is 28.2. The lowest BCUT2D eigenvalue weighted by Crippen LogP contribution is -2.46. The summed E-state index contributed by atoms with van der Waals surface area (Å²) in [5, 5.41) is 14.1. The second kappa shape index (κ2) is 14.6. The van der Waals surface area contributed by atoms with Gasteiger partial charge in [-0.2, -0.15) is 0 Å². The zero-order valence-electron chi connectivity index (χ0n) is 27.3. The minimum atomic E-state index is -0.891. The Morgan fingerprint density at radius 3 is 2.62 bits per heavy atom. The van der Waals surface area contributed by atoms with Crippen LogP contribution in [-0.4, -0.2) is 71.4 Å². The maximum atomic E-state index is 14.6. The van der Waals surface area contributed by atoms with E-state index in [1.165, 1.54) is 55.3 Å². The number of carbonyl (C=O) groups is 2. The van der Waals surface area contributed by atoms with Crippen LogP contribution < -0.4 is 15.8 Å². The van der Waals surface area contributed by atoms with Gasteiger partial charge >= 0.3 is 6.09 Å². The molecule has 2 aromatic carbocycles. The number of likely N-dealkylation sites (tertiary alicyclic amines) is 1. The van der Waals surface area contributed by atoms with Crippen LogP contribution in [-0.2, 0) is 14.3 Å². The smallest absolute Gasteiger partial charge is 0.411 e. The van der Waals surface area contributed by atoms with Crippen LogP contribution in [0.25, 0.3) is 5.57 Å². The summed E-state index contributed by atoms with van der Waals surface area (Å²) in [6, 6.07) is 7.75. The highest BCUT2D eigenvalue weighted by molar-refractivity contribution is 8.04. The molecule has 2 amide bonds. The predicted molar refractivity (Wildman–Crippen MR) is 181 cm³/mol.